The van der Waals surface area contributed by atoms with Crippen molar-refractivity contribution in [2.45, 2.75) is 26.9 Å². The van der Waals surface area contributed by atoms with Gasteiger partial charge in [0.1, 0.15) is 12.3 Å². The maximum atomic E-state index is 12.6. The van der Waals surface area contributed by atoms with Gasteiger partial charge < -0.3 is 9.64 Å². The maximum absolute atomic E-state index is 12.6. The van der Waals surface area contributed by atoms with Gasteiger partial charge in [0.2, 0.25) is 5.91 Å². The standard InChI is InChI=1S/C21H23N3O3/c1-4-27-17-11-9-16(10-12-17)13-23(3)20(25)14-24-21(26)19-8-6-5-7-18(19)15(2)22-24/h5-12H,4,13-14H2,1-3H3. The van der Waals surface area contributed by atoms with E-state index in [2.05, 4.69) is 5.10 Å². The first-order valence-corrected chi connectivity index (χ1v) is 8.91. The molecule has 0 atom stereocenters. The van der Waals surface area contributed by atoms with Gasteiger partial charge in [0, 0.05) is 19.0 Å². The summed E-state index contributed by atoms with van der Waals surface area (Å²) in [5.74, 6) is 0.630. The van der Waals surface area contributed by atoms with E-state index < -0.39 is 0 Å². The van der Waals surface area contributed by atoms with Crippen molar-refractivity contribution in [3.8, 4) is 5.75 Å². The van der Waals surface area contributed by atoms with Crippen LogP contribution < -0.4 is 10.3 Å². The molecule has 3 aromatic rings. The molecule has 1 heterocycles. The molecule has 27 heavy (non-hydrogen) atoms. The zero-order valence-electron chi connectivity index (χ0n) is 15.8. The van der Waals surface area contributed by atoms with Crippen LogP contribution >= 0.6 is 0 Å². The molecule has 140 valence electrons. The number of aromatic nitrogens is 2. The normalized spacial score (nSPS) is 10.8. The van der Waals surface area contributed by atoms with Crippen molar-refractivity contribution in [1.82, 2.24) is 14.7 Å². The summed E-state index contributed by atoms with van der Waals surface area (Å²) in [7, 11) is 1.72. The van der Waals surface area contributed by atoms with Crippen molar-refractivity contribution in [2.75, 3.05) is 13.7 Å². The number of likely N-dealkylation sites (N-methyl/N-ethyl adjacent to an activating group) is 1. The van der Waals surface area contributed by atoms with Gasteiger partial charge in [-0.3, -0.25) is 9.59 Å². The highest BCUT2D eigenvalue weighted by Gasteiger charge is 2.14. The first-order chi connectivity index (χ1) is 13.0. The van der Waals surface area contributed by atoms with E-state index in [0.717, 1.165) is 22.4 Å². The van der Waals surface area contributed by atoms with Crippen LogP contribution in [0.15, 0.2) is 53.3 Å². The smallest absolute Gasteiger partial charge is 0.275 e. The van der Waals surface area contributed by atoms with E-state index in [4.69, 9.17) is 4.74 Å². The number of fused-ring (bicyclic) bond motifs is 1. The zero-order chi connectivity index (χ0) is 19.4. The second kappa shape index (κ2) is 8.03. The molecule has 0 aliphatic heterocycles. The van der Waals surface area contributed by atoms with E-state index in [9.17, 15) is 9.59 Å². The summed E-state index contributed by atoms with van der Waals surface area (Å²) in [5.41, 5.74) is 1.47. The Balaban J connectivity index is 1.74. The van der Waals surface area contributed by atoms with Gasteiger partial charge >= 0.3 is 0 Å². The minimum Gasteiger partial charge on any atom is -0.494 e. The summed E-state index contributed by atoms with van der Waals surface area (Å²) in [4.78, 5) is 26.8. The molecular weight excluding hydrogens is 342 g/mol. The van der Waals surface area contributed by atoms with Crippen LogP contribution in [0.4, 0.5) is 0 Å². The Kier molecular flexibility index (Phi) is 5.54. The number of aryl methyl sites for hydroxylation is 1. The van der Waals surface area contributed by atoms with Crippen LogP contribution in [0.5, 0.6) is 5.75 Å². The molecule has 0 aliphatic rings. The summed E-state index contributed by atoms with van der Waals surface area (Å²) in [6.45, 7) is 4.76. The predicted molar refractivity (Wildman–Crippen MR) is 105 cm³/mol. The molecular formula is C21H23N3O3. The number of benzene rings is 2. The minimum absolute atomic E-state index is 0.0853. The van der Waals surface area contributed by atoms with Crippen LogP contribution in [0.1, 0.15) is 18.2 Å². The molecule has 0 saturated heterocycles. The average molecular weight is 365 g/mol. The van der Waals surface area contributed by atoms with E-state index in [1.807, 2.05) is 56.3 Å². The Labute approximate surface area is 158 Å². The Hall–Kier alpha value is -3.15. The van der Waals surface area contributed by atoms with Crippen molar-refractivity contribution >= 4 is 16.7 Å². The minimum atomic E-state index is -0.251. The van der Waals surface area contributed by atoms with E-state index in [1.165, 1.54) is 4.68 Å². The lowest BCUT2D eigenvalue weighted by molar-refractivity contribution is -0.131. The number of nitrogens with zero attached hydrogens (tertiary/aromatic N) is 3. The largest absolute Gasteiger partial charge is 0.494 e. The third-order valence-corrected chi connectivity index (χ3v) is 4.42. The highest BCUT2D eigenvalue weighted by molar-refractivity contribution is 5.83. The summed E-state index contributed by atoms with van der Waals surface area (Å²) < 4.78 is 6.67. The van der Waals surface area contributed by atoms with Crippen molar-refractivity contribution in [3.05, 3.63) is 70.1 Å². The second-order valence-corrected chi connectivity index (χ2v) is 6.42. The predicted octanol–water partition coefficient (Wildman–Crippen LogP) is 2.76. The number of hydrogen-bond donors (Lipinski definition) is 0. The lowest BCUT2D eigenvalue weighted by Crippen LogP contribution is -2.35. The van der Waals surface area contributed by atoms with E-state index in [1.54, 1.807) is 18.0 Å². The van der Waals surface area contributed by atoms with Gasteiger partial charge in [-0.05, 0) is 37.6 Å². The second-order valence-electron chi connectivity index (χ2n) is 6.42. The fourth-order valence-electron chi connectivity index (χ4n) is 2.98. The van der Waals surface area contributed by atoms with E-state index in [0.29, 0.717) is 18.5 Å². The van der Waals surface area contributed by atoms with Gasteiger partial charge in [-0.2, -0.15) is 5.10 Å². The molecule has 0 saturated carbocycles. The number of carbonyl (C=O) groups is 1. The Morgan fingerprint density at radius 3 is 2.44 bits per heavy atom. The fraction of sp³-hybridized carbons (Fsp3) is 0.286. The lowest BCUT2D eigenvalue weighted by atomic mass is 10.1. The molecule has 3 rings (SSSR count). The van der Waals surface area contributed by atoms with Crippen LogP contribution in [-0.2, 0) is 17.9 Å². The third kappa shape index (κ3) is 4.16. The van der Waals surface area contributed by atoms with Gasteiger partial charge in [0.25, 0.3) is 5.56 Å². The summed E-state index contributed by atoms with van der Waals surface area (Å²) in [6, 6.07) is 14.9. The number of ether oxygens (including phenoxy) is 1. The molecule has 0 N–H and O–H groups in total. The fourth-order valence-corrected chi connectivity index (χ4v) is 2.98. The molecule has 6 nitrogen and oxygen atoms in total. The highest BCUT2D eigenvalue weighted by atomic mass is 16.5. The SMILES string of the molecule is CCOc1ccc(CN(C)C(=O)Cn2nc(C)c3ccccc3c2=O)cc1. The van der Waals surface area contributed by atoms with Gasteiger partial charge in [0.15, 0.2) is 0 Å². The van der Waals surface area contributed by atoms with Crippen LogP contribution in [-0.4, -0.2) is 34.2 Å². The monoisotopic (exact) mass is 365 g/mol. The van der Waals surface area contributed by atoms with Crippen LogP contribution in [0, 0.1) is 6.92 Å². The average Bonchev–Trinajstić information content (AvgIpc) is 2.67. The molecule has 2 aromatic carbocycles. The van der Waals surface area contributed by atoms with Gasteiger partial charge in [-0.25, -0.2) is 4.68 Å². The number of carbonyl (C=O) groups excluding carboxylic acids is 1. The van der Waals surface area contributed by atoms with Crippen LogP contribution in [0.25, 0.3) is 10.8 Å². The lowest BCUT2D eigenvalue weighted by Gasteiger charge is -2.18. The molecule has 1 aromatic heterocycles. The summed E-state index contributed by atoms with van der Waals surface area (Å²) >= 11 is 0. The first kappa shape index (κ1) is 18.6. The summed E-state index contributed by atoms with van der Waals surface area (Å²) in [6.07, 6.45) is 0. The zero-order valence-corrected chi connectivity index (χ0v) is 15.8. The number of rotatable bonds is 6. The molecule has 0 unspecified atom stereocenters. The third-order valence-electron chi connectivity index (χ3n) is 4.42. The van der Waals surface area contributed by atoms with Crippen LogP contribution in [0.2, 0.25) is 0 Å². The Morgan fingerprint density at radius 2 is 1.78 bits per heavy atom. The first-order valence-electron chi connectivity index (χ1n) is 8.91. The molecule has 1 amide bonds. The van der Waals surface area contributed by atoms with Crippen molar-refractivity contribution in [2.24, 2.45) is 0 Å². The van der Waals surface area contributed by atoms with Gasteiger partial charge in [-0.1, -0.05) is 30.3 Å². The molecule has 0 fully saturated rings. The molecule has 6 heteroatoms. The maximum Gasteiger partial charge on any atom is 0.275 e. The van der Waals surface area contributed by atoms with E-state index >= 15 is 0 Å². The van der Waals surface area contributed by atoms with Crippen molar-refractivity contribution in [1.29, 1.82) is 0 Å². The highest BCUT2D eigenvalue weighted by Crippen LogP contribution is 2.14. The van der Waals surface area contributed by atoms with Crippen molar-refractivity contribution in [3.63, 3.8) is 0 Å². The van der Waals surface area contributed by atoms with Crippen molar-refractivity contribution < 1.29 is 9.53 Å². The quantitative estimate of drug-likeness (QED) is 0.674. The molecule has 0 radical (unpaired) electrons. The van der Waals surface area contributed by atoms with Gasteiger partial charge in [0.05, 0.1) is 17.7 Å². The molecule has 0 bridgehead atoms. The van der Waals surface area contributed by atoms with E-state index in [-0.39, 0.29) is 18.0 Å². The Morgan fingerprint density at radius 1 is 1.11 bits per heavy atom. The van der Waals surface area contributed by atoms with Gasteiger partial charge in [-0.15, -0.1) is 0 Å². The summed E-state index contributed by atoms with van der Waals surface area (Å²) in [5, 5.41) is 5.69. The molecule has 0 spiro atoms. The number of hydrogen-bond acceptors (Lipinski definition) is 4. The Bertz CT molecular complexity index is 1010. The topological polar surface area (TPSA) is 64.4 Å². The van der Waals surface area contributed by atoms with Crippen LogP contribution in [0.3, 0.4) is 0 Å². The number of amides is 1. The molecule has 0 aliphatic carbocycles.